The number of carbonyl (C=O) groups is 4. The molecule has 0 unspecified atom stereocenters. The lowest BCUT2D eigenvalue weighted by Gasteiger charge is -2.42. The summed E-state index contributed by atoms with van der Waals surface area (Å²) < 4.78 is 11.4. The number of nitro groups is 2. The Balaban J connectivity index is 1.22. The number of aliphatic hydroxyl groups is 2. The van der Waals surface area contributed by atoms with Gasteiger partial charge in [0.15, 0.2) is 5.78 Å². The van der Waals surface area contributed by atoms with E-state index >= 15 is 0 Å². The van der Waals surface area contributed by atoms with Gasteiger partial charge in [-0.15, -0.1) is 0 Å². The summed E-state index contributed by atoms with van der Waals surface area (Å²) in [6.07, 6.45) is 18.0. The number of hydrogen-bond acceptors (Lipinski definition) is 12. The number of benzene rings is 4. The maximum Gasteiger partial charge on any atom is 0.314 e. The molecule has 6 rings (SSSR count). The van der Waals surface area contributed by atoms with Crippen molar-refractivity contribution in [3.8, 4) is 11.5 Å². The molecule has 0 amide bonds. The number of hydrogen-bond donors (Lipinski definition) is 2. The Morgan fingerprint density at radius 3 is 1.32 bits per heavy atom. The van der Waals surface area contributed by atoms with Crippen LogP contribution in [0.5, 0.6) is 11.5 Å². The number of ether oxygens (including phenoxy) is 2. The summed E-state index contributed by atoms with van der Waals surface area (Å²) in [4.78, 5) is 76.3. The van der Waals surface area contributed by atoms with E-state index in [0.717, 1.165) is 70.3 Å². The van der Waals surface area contributed by atoms with Gasteiger partial charge in [-0.1, -0.05) is 113 Å². The summed E-state index contributed by atoms with van der Waals surface area (Å²) in [5.74, 6) is -3.99. The third kappa shape index (κ3) is 15.2. The summed E-state index contributed by atoms with van der Waals surface area (Å²) in [6.45, 7) is 4.35. The lowest BCUT2D eigenvalue weighted by Crippen LogP contribution is -2.57. The Morgan fingerprint density at radius 2 is 0.958 bits per heavy atom. The zero-order valence-electron chi connectivity index (χ0n) is 40.7. The van der Waals surface area contributed by atoms with Crippen molar-refractivity contribution in [3.63, 3.8) is 0 Å². The molecule has 376 valence electrons. The monoisotopic (exact) mass is 970 g/mol. The van der Waals surface area contributed by atoms with Crippen LogP contribution < -0.4 is 9.47 Å². The maximum absolute atomic E-state index is 14.2. The van der Waals surface area contributed by atoms with E-state index in [1.807, 2.05) is 0 Å². The predicted molar refractivity (Wildman–Crippen MR) is 270 cm³/mol. The third-order valence-corrected chi connectivity index (χ3v) is 14.4. The lowest BCUT2D eigenvalue weighted by molar-refractivity contribution is -0.385. The van der Waals surface area contributed by atoms with Gasteiger partial charge in [-0.25, -0.2) is 0 Å². The Labute approximate surface area is 415 Å². The van der Waals surface area contributed by atoms with Gasteiger partial charge in [0.1, 0.15) is 11.5 Å². The average molecular weight is 971 g/mol. The van der Waals surface area contributed by atoms with Crippen molar-refractivity contribution in [2.45, 2.75) is 129 Å². The zero-order chi connectivity index (χ0) is 51.0. The number of nitro benzene ring substituents is 2. The molecule has 0 spiro atoms. The van der Waals surface area contributed by atoms with Gasteiger partial charge in [0, 0.05) is 36.1 Å². The van der Waals surface area contributed by atoms with Crippen LogP contribution in [0.15, 0.2) is 109 Å². The Hall–Kier alpha value is -6.64. The van der Waals surface area contributed by atoms with Crippen LogP contribution in [0.4, 0.5) is 11.4 Å². The Bertz CT molecular complexity index is 2440. The predicted octanol–water partition coefficient (Wildman–Crippen LogP) is 11.7. The maximum atomic E-state index is 14.2. The number of allylic oxidation sites excluding steroid dienone is 1. The van der Waals surface area contributed by atoms with Crippen LogP contribution in [-0.4, -0.2) is 49.4 Å². The minimum atomic E-state index is -3.28. The number of non-ortho nitro benzene ring substituents is 2. The number of nitrogens with zero attached hydrogens (tertiary/aromatic N) is 2. The second-order valence-electron chi connectivity index (χ2n) is 19.5. The number of rotatable bonds is 24. The van der Waals surface area contributed by atoms with Crippen LogP contribution in [0.1, 0.15) is 132 Å². The van der Waals surface area contributed by atoms with Crippen molar-refractivity contribution in [1.82, 2.24) is 0 Å². The molecule has 0 atom stereocenters. The molecule has 71 heavy (non-hydrogen) atoms. The van der Waals surface area contributed by atoms with Crippen LogP contribution in [0, 0.1) is 49.3 Å². The fourth-order valence-electron chi connectivity index (χ4n) is 9.99. The molecule has 14 heteroatoms. The van der Waals surface area contributed by atoms with Crippen LogP contribution in [-0.2, 0) is 32.0 Å². The van der Waals surface area contributed by atoms with Crippen molar-refractivity contribution < 1.29 is 48.7 Å². The van der Waals surface area contributed by atoms with Crippen LogP contribution in [0.2, 0.25) is 0 Å². The molecular weight excluding hydrogens is 905 g/mol. The molecule has 0 heterocycles. The number of unbranched alkanes of at least 4 members (excludes halogenated alkanes) is 2. The summed E-state index contributed by atoms with van der Waals surface area (Å²) in [7, 11) is 0. The summed E-state index contributed by atoms with van der Waals surface area (Å²) >= 11 is 0. The standard InChI is InChI=1S/C57H66N2O12/c1-3-5-7-40-9-23-46(24-10-40)54(62)70-51-32-18-42(19-33-51)17-31-50(60)39-56(37-44-13-27-48(28-14-44)58(66)67,38-45-15-29-49(30-16-45)59(68)69)57(64,65)53(61)36-22-43-20-34-52(35-21-43)71-55(63)47-25-11-41(12-26-47)8-6-4-2/h13-22,27-36,40-41,46-47,64-65H,3-12,23-26,37-39H2,1-2H3/b31-17+,36-22+. The van der Waals surface area contributed by atoms with Gasteiger partial charge in [-0.2, -0.15) is 0 Å². The molecule has 2 aliphatic rings. The molecule has 0 aromatic heterocycles. The third-order valence-electron chi connectivity index (χ3n) is 14.4. The highest BCUT2D eigenvalue weighted by Crippen LogP contribution is 2.43. The quantitative estimate of drug-likeness (QED) is 0.0168. The highest BCUT2D eigenvalue weighted by molar-refractivity contribution is 6.01. The van der Waals surface area contributed by atoms with Crippen molar-refractivity contribution in [1.29, 1.82) is 0 Å². The largest absolute Gasteiger partial charge is 0.426 e. The van der Waals surface area contributed by atoms with Gasteiger partial charge in [-0.3, -0.25) is 39.4 Å². The molecule has 0 aliphatic heterocycles. The van der Waals surface area contributed by atoms with Crippen molar-refractivity contribution >= 4 is 47.0 Å². The number of carbonyl (C=O) groups excluding carboxylic acids is 4. The molecule has 4 aromatic rings. The first kappa shape index (κ1) is 53.7. The molecule has 0 bridgehead atoms. The van der Waals surface area contributed by atoms with Crippen LogP contribution in [0.25, 0.3) is 12.2 Å². The van der Waals surface area contributed by atoms with E-state index in [1.54, 1.807) is 48.5 Å². The van der Waals surface area contributed by atoms with E-state index in [0.29, 0.717) is 45.6 Å². The van der Waals surface area contributed by atoms with E-state index in [1.165, 1.54) is 92.4 Å². The van der Waals surface area contributed by atoms with Crippen molar-refractivity contribution in [2.75, 3.05) is 0 Å². The van der Waals surface area contributed by atoms with Gasteiger partial charge in [-0.05, 0) is 135 Å². The topological polar surface area (TPSA) is 213 Å². The molecule has 2 aliphatic carbocycles. The average Bonchev–Trinajstić information content (AvgIpc) is 3.37. The molecule has 4 aromatic carbocycles. The Kier molecular flexibility index (Phi) is 19.3. The molecular formula is C57H66N2O12. The van der Waals surface area contributed by atoms with E-state index in [4.69, 9.17) is 9.47 Å². The van der Waals surface area contributed by atoms with Gasteiger partial charge in [0.05, 0.1) is 21.7 Å². The highest BCUT2D eigenvalue weighted by Gasteiger charge is 2.54. The SMILES string of the molecule is CCCCC1CCC(C(=O)Oc2ccc(/C=C/C(=O)CC(Cc3ccc([N+](=O)[O-])cc3)(Cc3ccc([N+](=O)[O-])cc3)C(O)(O)C(=O)/C=C/c3ccc(OC(=O)C4CCC(CCCC)CC4)cc3)cc2)CC1. The highest BCUT2D eigenvalue weighted by atomic mass is 16.6. The molecule has 2 saturated carbocycles. The first-order chi connectivity index (χ1) is 34.1. The fourth-order valence-corrected chi connectivity index (χ4v) is 9.99. The fraction of sp³-hybridized carbons (Fsp3) is 0.439. The minimum Gasteiger partial charge on any atom is -0.426 e. The molecule has 2 fully saturated rings. The summed E-state index contributed by atoms with van der Waals surface area (Å²) in [6, 6.07) is 23.5. The minimum absolute atomic E-state index is 0.159. The van der Waals surface area contributed by atoms with E-state index in [-0.39, 0.29) is 48.0 Å². The van der Waals surface area contributed by atoms with Gasteiger partial charge < -0.3 is 19.7 Å². The van der Waals surface area contributed by atoms with E-state index in [9.17, 15) is 49.6 Å². The smallest absolute Gasteiger partial charge is 0.314 e. The normalized spacial score (nSPS) is 18.5. The molecule has 0 saturated heterocycles. The summed E-state index contributed by atoms with van der Waals surface area (Å²) in [5.41, 5.74) is -0.832. The zero-order valence-corrected chi connectivity index (χ0v) is 40.7. The van der Waals surface area contributed by atoms with E-state index < -0.39 is 39.0 Å². The number of ketones is 2. The van der Waals surface area contributed by atoms with Crippen molar-refractivity contribution in [2.24, 2.45) is 29.1 Å². The van der Waals surface area contributed by atoms with Gasteiger partial charge >= 0.3 is 11.9 Å². The van der Waals surface area contributed by atoms with Crippen LogP contribution in [0.3, 0.4) is 0 Å². The van der Waals surface area contributed by atoms with Crippen LogP contribution >= 0.6 is 0 Å². The van der Waals surface area contributed by atoms with E-state index in [2.05, 4.69) is 13.8 Å². The molecule has 0 radical (unpaired) electrons. The van der Waals surface area contributed by atoms with Crippen molar-refractivity contribution in [3.05, 3.63) is 152 Å². The summed E-state index contributed by atoms with van der Waals surface area (Å²) in [5, 5.41) is 47.6. The molecule has 14 nitrogen and oxygen atoms in total. The number of esters is 2. The van der Waals surface area contributed by atoms with Gasteiger partial charge in [0.2, 0.25) is 11.6 Å². The second kappa shape index (κ2) is 25.5. The first-order valence-corrected chi connectivity index (χ1v) is 25.1. The Morgan fingerprint density at radius 1 is 0.577 bits per heavy atom. The first-order valence-electron chi connectivity index (χ1n) is 25.1. The molecule has 2 N–H and O–H groups in total. The van der Waals surface area contributed by atoms with Gasteiger partial charge in [0.25, 0.3) is 11.4 Å². The lowest BCUT2D eigenvalue weighted by atomic mass is 9.65. The second-order valence-corrected chi connectivity index (χ2v) is 19.5.